The first kappa shape index (κ1) is 17.6. The molecular weight excluding hydrogens is 308 g/mol. The van der Waals surface area contributed by atoms with Crippen molar-refractivity contribution in [2.75, 3.05) is 13.1 Å². The van der Waals surface area contributed by atoms with Crippen molar-refractivity contribution >= 4 is 11.9 Å². The minimum absolute atomic E-state index is 0.113. The largest absolute Gasteiger partial charge is 0.481 e. The first-order valence-electron chi connectivity index (χ1n) is 6.07. The van der Waals surface area contributed by atoms with Crippen LogP contribution in [0.25, 0.3) is 0 Å². The minimum atomic E-state index is -5.70. The maximum atomic E-state index is 12.4. The van der Waals surface area contributed by atoms with Crippen molar-refractivity contribution in [3.05, 3.63) is 0 Å². The number of carbonyl (C=O) groups is 2. The molecule has 0 aliphatic carbocycles. The third-order valence-corrected chi connectivity index (χ3v) is 3.27. The number of alkyl halides is 6. The molecule has 1 heterocycles. The van der Waals surface area contributed by atoms with Gasteiger partial charge < -0.3 is 10.0 Å². The lowest BCUT2D eigenvalue weighted by molar-refractivity contribution is -0.277. The Morgan fingerprint density at radius 3 is 2.10 bits per heavy atom. The molecule has 1 atom stereocenters. The summed E-state index contributed by atoms with van der Waals surface area (Å²) in [6.45, 7) is -0.513. The van der Waals surface area contributed by atoms with E-state index >= 15 is 0 Å². The fourth-order valence-corrected chi connectivity index (χ4v) is 2.24. The Labute approximate surface area is 115 Å². The molecule has 4 nitrogen and oxygen atoms in total. The molecular formula is C11H13F6NO3. The maximum absolute atomic E-state index is 12.4. The van der Waals surface area contributed by atoms with Crippen molar-refractivity contribution in [2.24, 2.45) is 11.8 Å². The summed E-state index contributed by atoms with van der Waals surface area (Å²) >= 11 is 0. The fraction of sp³-hybridized carbons (Fsp3) is 0.818. The molecule has 1 fully saturated rings. The highest BCUT2D eigenvalue weighted by atomic mass is 19.4. The van der Waals surface area contributed by atoms with E-state index in [0.717, 1.165) is 0 Å². The molecule has 122 valence electrons. The highest BCUT2D eigenvalue weighted by Crippen LogP contribution is 2.41. The average Bonchev–Trinajstić information content (AvgIpc) is 2.70. The Balaban J connectivity index is 2.72. The van der Waals surface area contributed by atoms with E-state index < -0.39 is 36.1 Å². The van der Waals surface area contributed by atoms with E-state index in [0.29, 0.717) is 4.90 Å². The molecule has 1 aliphatic heterocycles. The van der Waals surface area contributed by atoms with Gasteiger partial charge in [-0.1, -0.05) is 0 Å². The predicted octanol–water partition coefficient (Wildman–Crippen LogP) is 2.44. The third-order valence-electron chi connectivity index (χ3n) is 3.27. The molecule has 1 rings (SSSR count). The number of carboxylic acid groups (broad SMARTS) is 1. The van der Waals surface area contributed by atoms with Crippen LogP contribution in [0.5, 0.6) is 0 Å². The molecule has 1 N–H and O–H groups in total. The standard InChI is InChI=1S/C11H13F6NO3/c12-10(13,14)8(11(15,16)17)9(21)18-4-3-6(5-18)1-2-7(19)20/h6,8H,1-5H2,(H,19,20). The number of aliphatic carboxylic acids is 1. The Hall–Kier alpha value is -1.48. The second-order valence-corrected chi connectivity index (χ2v) is 4.89. The molecule has 1 unspecified atom stereocenters. The summed E-state index contributed by atoms with van der Waals surface area (Å²) < 4.78 is 74.6. The topological polar surface area (TPSA) is 57.6 Å². The first-order chi connectivity index (χ1) is 9.43. The number of carboxylic acids is 1. The minimum Gasteiger partial charge on any atom is -0.481 e. The van der Waals surface area contributed by atoms with Gasteiger partial charge in [0.1, 0.15) is 0 Å². The van der Waals surface area contributed by atoms with Crippen molar-refractivity contribution in [3.8, 4) is 0 Å². The lowest BCUT2D eigenvalue weighted by Crippen LogP contribution is -2.49. The fourth-order valence-electron chi connectivity index (χ4n) is 2.24. The predicted molar refractivity (Wildman–Crippen MR) is 57.2 cm³/mol. The van der Waals surface area contributed by atoms with Crippen LogP contribution in [0.2, 0.25) is 0 Å². The SMILES string of the molecule is O=C(O)CCC1CCN(C(=O)C(C(F)(F)F)C(F)(F)F)C1. The molecule has 0 aromatic heterocycles. The lowest BCUT2D eigenvalue weighted by atomic mass is 10.0. The highest BCUT2D eigenvalue weighted by Gasteiger charge is 2.62. The number of halogens is 6. The molecule has 0 saturated carbocycles. The normalized spacial score (nSPS) is 20.1. The molecule has 0 aromatic carbocycles. The van der Waals surface area contributed by atoms with Crippen LogP contribution >= 0.6 is 0 Å². The molecule has 0 spiro atoms. The summed E-state index contributed by atoms with van der Waals surface area (Å²) in [4.78, 5) is 22.4. The third kappa shape index (κ3) is 4.78. The van der Waals surface area contributed by atoms with Gasteiger partial charge >= 0.3 is 18.3 Å². The molecule has 0 radical (unpaired) electrons. The summed E-state index contributed by atoms with van der Waals surface area (Å²) in [6, 6.07) is 0. The van der Waals surface area contributed by atoms with Crippen LogP contribution in [-0.4, -0.2) is 47.3 Å². The van der Waals surface area contributed by atoms with E-state index in [1.807, 2.05) is 0 Å². The van der Waals surface area contributed by atoms with Crippen molar-refractivity contribution in [2.45, 2.75) is 31.6 Å². The van der Waals surface area contributed by atoms with E-state index in [2.05, 4.69) is 0 Å². The van der Waals surface area contributed by atoms with Crippen LogP contribution < -0.4 is 0 Å². The van der Waals surface area contributed by atoms with Crippen molar-refractivity contribution < 1.29 is 41.0 Å². The summed E-state index contributed by atoms with van der Waals surface area (Å²) in [5, 5.41) is 8.47. The van der Waals surface area contributed by atoms with Gasteiger partial charge in [-0.3, -0.25) is 9.59 Å². The summed E-state index contributed by atoms with van der Waals surface area (Å²) in [6.07, 6.45) is -11.3. The van der Waals surface area contributed by atoms with Gasteiger partial charge in [-0.2, -0.15) is 26.3 Å². The highest BCUT2D eigenvalue weighted by molar-refractivity contribution is 5.80. The van der Waals surface area contributed by atoms with Crippen LogP contribution in [0, 0.1) is 11.8 Å². The average molecular weight is 321 g/mol. The molecule has 1 saturated heterocycles. The van der Waals surface area contributed by atoms with Gasteiger partial charge in [0.15, 0.2) is 0 Å². The smallest absolute Gasteiger partial charge is 0.409 e. The molecule has 21 heavy (non-hydrogen) atoms. The summed E-state index contributed by atoms with van der Waals surface area (Å²) in [7, 11) is 0. The van der Waals surface area contributed by atoms with Crippen molar-refractivity contribution in [3.63, 3.8) is 0 Å². The van der Waals surface area contributed by atoms with Gasteiger partial charge in [-0.15, -0.1) is 0 Å². The maximum Gasteiger partial charge on any atom is 0.409 e. The van der Waals surface area contributed by atoms with E-state index in [1.54, 1.807) is 0 Å². The monoisotopic (exact) mass is 321 g/mol. The van der Waals surface area contributed by atoms with Gasteiger partial charge in [0.2, 0.25) is 11.8 Å². The van der Waals surface area contributed by atoms with Gasteiger partial charge in [0, 0.05) is 19.5 Å². The second-order valence-electron chi connectivity index (χ2n) is 4.89. The zero-order valence-corrected chi connectivity index (χ0v) is 10.7. The lowest BCUT2D eigenvalue weighted by Gasteiger charge is -2.26. The number of hydrogen-bond acceptors (Lipinski definition) is 2. The zero-order chi connectivity index (χ0) is 16.4. The molecule has 0 bridgehead atoms. The number of amides is 1. The summed E-state index contributed by atoms with van der Waals surface area (Å²) in [5.74, 6) is -7.55. The van der Waals surface area contributed by atoms with Crippen LogP contribution in [0.4, 0.5) is 26.3 Å². The zero-order valence-electron chi connectivity index (χ0n) is 10.7. The first-order valence-corrected chi connectivity index (χ1v) is 6.07. The van der Waals surface area contributed by atoms with Crippen LogP contribution in [-0.2, 0) is 9.59 Å². The van der Waals surface area contributed by atoms with Gasteiger partial charge in [-0.05, 0) is 18.8 Å². The van der Waals surface area contributed by atoms with Crippen LogP contribution in [0.15, 0.2) is 0 Å². The van der Waals surface area contributed by atoms with Crippen molar-refractivity contribution in [1.82, 2.24) is 4.90 Å². The van der Waals surface area contributed by atoms with E-state index in [1.165, 1.54) is 0 Å². The number of hydrogen-bond donors (Lipinski definition) is 1. The Bertz CT molecular complexity index is 392. The van der Waals surface area contributed by atoms with Crippen LogP contribution in [0.1, 0.15) is 19.3 Å². The van der Waals surface area contributed by atoms with Crippen LogP contribution in [0.3, 0.4) is 0 Å². The van der Waals surface area contributed by atoms with Gasteiger partial charge in [0.05, 0.1) is 0 Å². The van der Waals surface area contributed by atoms with E-state index in [9.17, 15) is 35.9 Å². The Morgan fingerprint density at radius 1 is 1.14 bits per heavy atom. The number of nitrogens with zero attached hydrogens (tertiary/aromatic N) is 1. The molecule has 1 amide bonds. The second kappa shape index (κ2) is 6.10. The molecule has 1 aliphatic rings. The summed E-state index contributed by atoms with van der Waals surface area (Å²) in [5.41, 5.74) is 0. The van der Waals surface area contributed by atoms with Crippen molar-refractivity contribution in [1.29, 1.82) is 0 Å². The van der Waals surface area contributed by atoms with E-state index in [-0.39, 0.29) is 32.4 Å². The Morgan fingerprint density at radius 2 is 1.67 bits per heavy atom. The Kier molecular flexibility index (Phi) is 5.11. The van der Waals surface area contributed by atoms with Gasteiger partial charge in [0.25, 0.3) is 0 Å². The quantitative estimate of drug-likeness (QED) is 0.809. The number of carbonyl (C=O) groups excluding carboxylic acids is 1. The molecule has 0 aromatic rings. The molecule has 10 heteroatoms. The van der Waals surface area contributed by atoms with E-state index in [4.69, 9.17) is 5.11 Å². The number of likely N-dealkylation sites (tertiary alicyclic amines) is 1. The number of rotatable bonds is 4. The van der Waals surface area contributed by atoms with Gasteiger partial charge in [-0.25, -0.2) is 0 Å².